The molecule has 5 rings (SSSR count). The highest BCUT2D eigenvalue weighted by atomic mass is 16.3. The Morgan fingerprint density at radius 1 is 1.08 bits per heavy atom. The topological polar surface area (TPSA) is 48.9 Å². The van der Waals surface area contributed by atoms with E-state index >= 15 is 0 Å². The fourth-order valence-corrected chi connectivity index (χ4v) is 7.03. The number of nitrogens with zero attached hydrogens (tertiary/aromatic N) is 1. The normalized spacial score (nSPS) is 45.9. The summed E-state index contributed by atoms with van der Waals surface area (Å²) in [5, 5.41) is 17.5. The molecule has 0 aliphatic heterocycles. The lowest BCUT2D eigenvalue weighted by Gasteiger charge is -2.57. The van der Waals surface area contributed by atoms with Gasteiger partial charge in [-0.1, -0.05) is 31.6 Å². The molecule has 0 radical (unpaired) electrons. The first-order valence-electron chi connectivity index (χ1n) is 10.1. The van der Waals surface area contributed by atoms with Crippen molar-refractivity contribution in [1.29, 1.82) is 0 Å². The van der Waals surface area contributed by atoms with Gasteiger partial charge in [-0.15, -0.1) is 0 Å². The first-order valence-corrected chi connectivity index (χ1v) is 10.1. The fourth-order valence-electron chi connectivity index (χ4n) is 7.03. The van der Waals surface area contributed by atoms with E-state index < -0.39 is 0 Å². The van der Waals surface area contributed by atoms with Crippen LogP contribution in [-0.2, 0) is 0 Å². The second-order valence-electron chi connectivity index (χ2n) is 9.44. The number of hydrogen-bond donors (Lipinski definition) is 2. The molecule has 4 aliphatic carbocycles. The zero-order chi connectivity index (χ0) is 17.2. The molecule has 2 fully saturated rings. The van der Waals surface area contributed by atoms with Crippen LogP contribution in [0.15, 0.2) is 30.0 Å². The summed E-state index contributed by atoms with van der Waals surface area (Å²) >= 11 is 0. The maximum atomic E-state index is 10.1. The molecule has 0 spiro atoms. The second-order valence-corrected chi connectivity index (χ2v) is 9.44. The number of aliphatic hydroxyl groups excluding tert-OH is 1. The molecule has 0 amide bonds. The molecule has 1 aromatic rings. The van der Waals surface area contributed by atoms with Crippen LogP contribution in [0.1, 0.15) is 64.5 Å². The van der Waals surface area contributed by atoms with Crippen molar-refractivity contribution in [2.45, 2.75) is 64.9 Å². The fraction of sp³-hybridized carbons (Fsp3) is 0.682. The maximum absolute atomic E-state index is 10.1. The van der Waals surface area contributed by atoms with E-state index in [1.807, 2.05) is 6.20 Å². The smallest absolute Gasteiger partial charge is 0.0612 e. The van der Waals surface area contributed by atoms with Crippen molar-refractivity contribution in [2.75, 3.05) is 0 Å². The molecule has 2 saturated carbocycles. The summed E-state index contributed by atoms with van der Waals surface area (Å²) in [5.41, 5.74) is 4.93. The summed E-state index contributed by atoms with van der Waals surface area (Å²) in [6.45, 7) is 5.00. The van der Waals surface area contributed by atoms with Crippen LogP contribution >= 0.6 is 0 Å². The van der Waals surface area contributed by atoms with Crippen LogP contribution in [0.4, 0.5) is 0 Å². The SMILES string of the molecule is C[C@]12CCC(O)CC1=CC[C@@H]1[C@@H]2CC[C@]2(C)C(c3ccn[nH]3)=CC[C@@H]12. The van der Waals surface area contributed by atoms with Crippen LogP contribution in [0, 0.1) is 28.6 Å². The van der Waals surface area contributed by atoms with Crippen LogP contribution < -0.4 is 0 Å². The Morgan fingerprint density at radius 3 is 2.72 bits per heavy atom. The summed E-state index contributed by atoms with van der Waals surface area (Å²) in [6, 6.07) is 2.13. The maximum Gasteiger partial charge on any atom is 0.0612 e. The molecule has 2 N–H and O–H groups in total. The van der Waals surface area contributed by atoms with Gasteiger partial charge in [0.25, 0.3) is 0 Å². The number of aliphatic hydroxyl groups is 1. The van der Waals surface area contributed by atoms with Crippen molar-refractivity contribution in [2.24, 2.45) is 28.6 Å². The molecule has 1 heterocycles. The van der Waals surface area contributed by atoms with Crippen molar-refractivity contribution >= 4 is 5.57 Å². The standard InChI is InChI=1S/C22H30N2O/c1-21-10-7-15(25)13-14(21)3-4-16-17-5-6-19(20-9-12-23-24-20)22(17,2)11-8-18(16)21/h3,6,9,12,15-18,25H,4-5,7-8,10-11,13H2,1-2H3,(H,23,24)/t15?,16-,17-,18-,21-,22-/m0/s1. The van der Waals surface area contributed by atoms with Crippen LogP contribution in [0.25, 0.3) is 5.57 Å². The summed E-state index contributed by atoms with van der Waals surface area (Å²) < 4.78 is 0. The predicted octanol–water partition coefficient (Wildman–Crippen LogP) is 4.73. The molecule has 3 heteroatoms. The van der Waals surface area contributed by atoms with Crippen molar-refractivity contribution < 1.29 is 5.11 Å². The largest absolute Gasteiger partial charge is 0.393 e. The first-order chi connectivity index (χ1) is 12.0. The summed E-state index contributed by atoms with van der Waals surface area (Å²) in [7, 11) is 0. The summed E-state index contributed by atoms with van der Waals surface area (Å²) in [5.74, 6) is 2.35. The molecule has 25 heavy (non-hydrogen) atoms. The lowest BCUT2D eigenvalue weighted by atomic mass is 9.47. The zero-order valence-electron chi connectivity index (χ0n) is 15.5. The number of aromatic nitrogens is 2. The molecule has 6 atom stereocenters. The van der Waals surface area contributed by atoms with E-state index in [0.717, 1.165) is 30.6 Å². The highest BCUT2D eigenvalue weighted by Crippen LogP contribution is 2.66. The van der Waals surface area contributed by atoms with Gasteiger partial charge in [0.05, 0.1) is 11.8 Å². The lowest BCUT2D eigenvalue weighted by molar-refractivity contribution is -0.0238. The molecule has 0 bridgehead atoms. The number of hydrogen-bond acceptors (Lipinski definition) is 2. The molecule has 1 aromatic heterocycles. The van der Waals surface area contributed by atoms with Crippen LogP contribution in [0.3, 0.4) is 0 Å². The molecule has 3 nitrogen and oxygen atoms in total. The zero-order valence-corrected chi connectivity index (χ0v) is 15.5. The molecular formula is C22H30N2O. The number of H-pyrrole nitrogens is 1. The summed E-state index contributed by atoms with van der Waals surface area (Å²) in [6.07, 6.45) is 14.9. The highest BCUT2D eigenvalue weighted by Gasteiger charge is 2.56. The number of nitrogens with one attached hydrogen (secondary N) is 1. The third-order valence-corrected chi connectivity index (χ3v) is 8.45. The van der Waals surface area contributed by atoms with Crippen LogP contribution in [0.5, 0.6) is 0 Å². The van der Waals surface area contributed by atoms with Gasteiger partial charge in [0.2, 0.25) is 0 Å². The van der Waals surface area contributed by atoms with Gasteiger partial charge in [0.1, 0.15) is 0 Å². The van der Waals surface area contributed by atoms with Gasteiger partial charge < -0.3 is 5.11 Å². The Balaban J connectivity index is 1.48. The van der Waals surface area contributed by atoms with Crippen LogP contribution in [-0.4, -0.2) is 21.4 Å². The van der Waals surface area contributed by atoms with Gasteiger partial charge in [0.15, 0.2) is 0 Å². The average Bonchev–Trinajstić information content (AvgIpc) is 3.22. The Bertz CT molecular complexity index is 733. The van der Waals surface area contributed by atoms with Crippen molar-refractivity contribution in [3.8, 4) is 0 Å². The number of rotatable bonds is 1. The lowest BCUT2D eigenvalue weighted by Crippen LogP contribution is -2.49. The third kappa shape index (κ3) is 2.11. The van der Waals surface area contributed by atoms with E-state index in [1.165, 1.54) is 43.4 Å². The number of aromatic amines is 1. The molecule has 0 saturated heterocycles. The van der Waals surface area contributed by atoms with Gasteiger partial charge in [-0.25, -0.2) is 0 Å². The highest BCUT2D eigenvalue weighted by molar-refractivity contribution is 5.70. The van der Waals surface area contributed by atoms with E-state index in [4.69, 9.17) is 0 Å². The number of allylic oxidation sites excluding steroid dienone is 3. The van der Waals surface area contributed by atoms with Crippen molar-refractivity contribution in [3.63, 3.8) is 0 Å². The van der Waals surface area contributed by atoms with Gasteiger partial charge >= 0.3 is 0 Å². The second kappa shape index (κ2) is 5.33. The summed E-state index contributed by atoms with van der Waals surface area (Å²) in [4.78, 5) is 0. The Hall–Kier alpha value is -1.35. The van der Waals surface area contributed by atoms with E-state index in [9.17, 15) is 5.11 Å². The third-order valence-electron chi connectivity index (χ3n) is 8.45. The predicted molar refractivity (Wildman–Crippen MR) is 99.7 cm³/mol. The Labute approximate surface area is 150 Å². The monoisotopic (exact) mass is 338 g/mol. The average molecular weight is 338 g/mol. The van der Waals surface area contributed by atoms with E-state index in [2.05, 4.69) is 42.3 Å². The van der Waals surface area contributed by atoms with Gasteiger partial charge in [-0.3, -0.25) is 5.10 Å². The molecule has 0 aromatic carbocycles. The van der Waals surface area contributed by atoms with E-state index in [0.29, 0.717) is 10.8 Å². The Kier molecular flexibility index (Phi) is 3.38. The quantitative estimate of drug-likeness (QED) is 0.728. The number of fused-ring (bicyclic) bond motifs is 5. The van der Waals surface area contributed by atoms with E-state index in [-0.39, 0.29) is 6.10 Å². The minimum atomic E-state index is -0.107. The first kappa shape index (κ1) is 15.9. The van der Waals surface area contributed by atoms with Gasteiger partial charge in [-0.2, -0.15) is 5.10 Å². The molecule has 4 aliphatic rings. The minimum absolute atomic E-state index is 0.107. The molecule has 134 valence electrons. The van der Waals surface area contributed by atoms with Crippen LogP contribution in [0.2, 0.25) is 0 Å². The Morgan fingerprint density at radius 2 is 1.92 bits per heavy atom. The van der Waals surface area contributed by atoms with Gasteiger partial charge in [-0.05, 0) is 85.2 Å². The molecule has 1 unspecified atom stereocenters. The minimum Gasteiger partial charge on any atom is -0.393 e. The van der Waals surface area contributed by atoms with E-state index in [1.54, 1.807) is 5.57 Å². The molecular weight excluding hydrogens is 308 g/mol. The van der Waals surface area contributed by atoms with Gasteiger partial charge in [0, 0.05) is 6.20 Å². The van der Waals surface area contributed by atoms with Crippen molar-refractivity contribution in [1.82, 2.24) is 10.2 Å². The van der Waals surface area contributed by atoms with Crippen molar-refractivity contribution in [3.05, 3.63) is 35.7 Å².